The first-order valence-corrected chi connectivity index (χ1v) is 6.65. The molecule has 94 valence electrons. The molecule has 0 amide bonds. The van der Waals surface area contributed by atoms with E-state index in [2.05, 4.69) is 19.1 Å². The fourth-order valence-corrected chi connectivity index (χ4v) is 2.76. The van der Waals surface area contributed by atoms with Crippen LogP contribution in [-0.4, -0.2) is 11.1 Å². The molecule has 2 aromatic rings. The molecule has 1 aromatic carbocycles. The zero-order valence-corrected chi connectivity index (χ0v) is 11.0. The van der Waals surface area contributed by atoms with Gasteiger partial charge in [0.1, 0.15) is 4.88 Å². The minimum atomic E-state index is -0.966. The number of carboxylic acids is 1. The van der Waals surface area contributed by atoms with Crippen molar-refractivity contribution in [2.45, 2.75) is 19.8 Å². The standard InChI is InChI=1S/C14H15NO2S/c1-2-3-9-4-6-10(7-5-9)12-8-11(15)13(18-12)14(16)17/h4-8H,2-3,15H2,1H3,(H,16,17). The van der Waals surface area contributed by atoms with Crippen LogP contribution in [0.15, 0.2) is 30.3 Å². The average Bonchev–Trinajstić information content (AvgIpc) is 2.73. The van der Waals surface area contributed by atoms with Crippen LogP contribution in [0.1, 0.15) is 28.6 Å². The van der Waals surface area contributed by atoms with Gasteiger partial charge in [0.05, 0.1) is 5.69 Å². The Bertz CT molecular complexity index is 558. The Balaban J connectivity index is 2.31. The minimum absolute atomic E-state index is 0.211. The number of anilines is 1. The summed E-state index contributed by atoms with van der Waals surface area (Å²) in [6, 6.07) is 9.91. The van der Waals surface area contributed by atoms with Crippen molar-refractivity contribution in [2.75, 3.05) is 5.73 Å². The van der Waals surface area contributed by atoms with E-state index in [0.29, 0.717) is 5.69 Å². The van der Waals surface area contributed by atoms with Gasteiger partial charge in [0.15, 0.2) is 0 Å². The Morgan fingerprint density at radius 2 is 2.00 bits per heavy atom. The summed E-state index contributed by atoms with van der Waals surface area (Å²) in [6.07, 6.45) is 2.18. The average molecular weight is 261 g/mol. The van der Waals surface area contributed by atoms with Gasteiger partial charge in [-0.05, 0) is 23.6 Å². The third-order valence-corrected chi connectivity index (χ3v) is 3.92. The summed E-state index contributed by atoms with van der Waals surface area (Å²) in [6.45, 7) is 2.15. The number of aryl methyl sites for hydroxylation is 1. The molecule has 0 aliphatic heterocycles. The van der Waals surface area contributed by atoms with Gasteiger partial charge in [0.2, 0.25) is 0 Å². The molecule has 0 radical (unpaired) electrons. The van der Waals surface area contributed by atoms with Crippen molar-refractivity contribution >= 4 is 23.0 Å². The maximum absolute atomic E-state index is 10.9. The second kappa shape index (κ2) is 5.23. The molecular weight excluding hydrogens is 246 g/mol. The lowest BCUT2D eigenvalue weighted by Gasteiger charge is -2.00. The number of benzene rings is 1. The maximum Gasteiger partial charge on any atom is 0.348 e. The van der Waals surface area contributed by atoms with Crippen molar-refractivity contribution in [3.8, 4) is 10.4 Å². The van der Waals surface area contributed by atoms with Crippen molar-refractivity contribution in [1.29, 1.82) is 0 Å². The molecule has 0 saturated carbocycles. The molecule has 3 nitrogen and oxygen atoms in total. The highest BCUT2D eigenvalue weighted by Crippen LogP contribution is 2.33. The van der Waals surface area contributed by atoms with Gasteiger partial charge in [0, 0.05) is 4.88 Å². The predicted octanol–water partition coefficient (Wildman–Crippen LogP) is 3.65. The predicted molar refractivity (Wildman–Crippen MR) is 75.1 cm³/mol. The molecule has 0 fully saturated rings. The number of thiophene rings is 1. The number of rotatable bonds is 4. The highest BCUT2D eigenvalue weighted by atomic mass is 32.1. The molecule has 0 aliphatic rings. The highest BCUT2D eigenvalue weighted by molar-refractivity contribution is 7.17. The van der Waals surface area contributed by atoms with E-state index in [1.807, 2.05) is 12.1 Å². The van der Waals surface area contributed by atoms with E-state index in [1.54, 1.807) is 6.07 Å². The molecule has 2 rings (SSSR count). The minimum Gasteiger partial charge on any atom is -0.477 e. The van der Waals surface area contributed by atoms with Crippen molar-refractivity contribution in [2.24, 2.45) is 0 Å². The van der Waals surface area contributed by atoms with E-state index >= 15 is 0 Å². The molecule has 0 unspecified atom stereocenters. The van der Waals surface area contributed by atoms with Crippen LogP contribution in [0.4, 0.5) is 5.69 Å². The summed E-state index contributed by atoms with van der Waals surface area (Å²) in [4.78, 5) is 12.0. The van der Waals surface area contributed by atoms with E-state index in [0.717, 1.165) is 23.3 Å². The lowest BCUT2D eigenvalue weighted by molar-refractivity contribution is 0.0703. The van der Waals surface area contributed by atoms with Gasteiger partial charge < -0.3 is 10.8 Å². The third kappa shape index (κ3) is 2.54. The Hall–Kier alpha value is -1.81. The van der Waals surface area contributed by atoms with Gasteiger partial charge in [0.25, 0.3) is 0 Å². The number of aromatic carboxylic acids is 1. The summed E-state index contributed by atoms with van der Waals surface area (Å²) in [5.41, 5.74) is 8.33. The van der Waals surface area contributed by atoms with E-state index < -0.39 is 5.97 Å². The Morgan fingerprint density at radius 1 is 1.33 bits per heavy atom. The summed E-state index contributed by atoms with van der Waals surface area (Å²) in [5.74, 6) is -0.966. The van der Waals surface area contributed by atoms with Gasteiger partial charge in [-0.2, -0.15) is 0 Å². The molecule has 1 aromatic heterocycles. The number of nitrogen functional groups attached to an aromatic ring is 1. The largest absolute Gasteiger partial charge is 0.477 e. The zero-order valence-electron chi connectivity index (χ0n) is 10.1. The molecule has 3 N–H and O–H groups in total. The van der Waals surface area contributed by atoms with Gasteiger partial charge in [-0.3, -0.25) is 0 Å². The molecule has 0 saturated heterocycles. The summed E-state index contributed by atoms with van der Waals surface area (Å²) in [7, 11) is 0. The second-order valence-corrected chi connectivity index (χ2v) is 5.20. The first-order chi connectivity index (χ1) is 8.61. The van der Waals surface area contributed by atoms with Crippen molar-refractivity contribution in [1.82, 2.24) is 0 Å². The maximum atomic E-state index is 10.9. The normalized spacial score (nSPS) is 10.5. The van der Waals surface area contributed by atoms with E-state index in [1.165, 1.54) is 16.9 Å². The van der Waals surface area contributed by atoms with Crippen molar-refractivity contribution in [3.63, 3.8) is 0 Å². The van der Waals surface area contributed by atoms with Crippen LogP contribution >= 0.6 is 11.3 Å². The number of hydrogen-bond donors (Lipinski definition) is 2. The van der Waals surface area contributed by atoms with Crippen LogP contribution < -0.4 is 5.73 Å². The topological polar surface area (TPSA) is 63.3 Å². The lowest BCUT2D eigenvalue weighted by Crippen LogP contribution is -1.96. The second-order valence-electron chi connectivity index (χ2n) is 4.15. The number of carbonyl (C=O) groups is 1. The van der Waals surface area contributed by atoms with Crippen molar-refractivity contribution in [3.05, 3.63) is 40.8 Å². The summed E-state index contributed by atoms with van der Waals surface area (Å²) < 4.78 is 0. The Labute approximate surface area is 110 Å². The number of carboxylic acid groups (broad SMARTS) is 1. The SMILES string of the molecule is CCCc1ccc(-c2cc(N)c(C(=O)O)s2)cc1. The van der Waals surface area contributed by atoms with Crippen LogP contribution in [-0.2, 0) is 6.42 Å². The molecule has 0 aliphatic carbocycles. The molecule has 1 heterocycles. The zero-order chi connectivity index (χ0) is 13.1. The summed E-state index contributed by atoms with van der Waals surface area (Å²) in [5, 5.41) is 8.97. The number of hydrogen-bond acceptors (Lipinski definition) is 3. The molecular formula is C14H15NO2S. The monoisotopic (exact) mass is 261 g/mol. The van der Waals surface area contributed by atoms with Gasteiger partial charge >= 0.3 is 5.97 Å². The first-order valence-electron chi connectivity index (χ1n) is 5.83. The smallest absolute Gasteiger partial charge is 0.348 e. The van der Waals surface area contributed by atoms with Gasteiger partial charge in [-0.15, -0.1) is 11.3 Å². The summed E-state index contributed by atoms with van der Waals surface area (Å²) >= 11 is 1.22. The number of nitrogens with two attached hydrogens (primary N) is 1. The fourth-order valence-electron chi connectivity index (χ4n) is 1.84. The lowest BCUT2D eigenvalue weighted by atomic mass is 10.1. The highest BCUT2D eigenvalue weighted by Gasteiger charge is 2.13. The Morgan fingerprint density at radius 3 is 2.50 bits per heavy atom. The Kier molecular flexibility index (Phi) is 3.67. The van der Waals surface area contributed by atoms with Gasteiger partial charge in [-0.1, -0.05) is 37.6 Å². The van der Waals surface area contributed by atoms with E-state index in [4.69, 9.17) is 10.8 Å². The molecule has 18 heavy (non-hydrogen) atoms. The van der Waals surface area contributed by atoms with Crippen LogP contribution in [0.3, 0.4) is 0 Å². The quantitative estimate of drug-likeness (QED) is 0.883. The van der Waals surface area contributed by atoms with Crippen LogP contribution in [0.25, 0.3) is 10.4 Å². The van der Waals surface area contributed by atoms with E-state index in [-0.39, 0.29) is 4.88 Å². The first kappa shape index (κ1) is 12.6. The molecule has 0 atom stereocenters. The third-order valence-electron chi connectivity index (χ3n) is 2.73. The van der Waals surface area contributed by atoms with Crippen LogP contribution in [0.5, 0.6) is 0 Å². The van der Waals surface area contributed by atoms with E-state index in [9.17, 15) is 4.79 Å². The fraction of sp³-hybridized carbons (Fsp3) is 0.214. The van der Waals surface area contributed by atoms with Crippen LogP contribution in [0, 0.1) is 0 Å². The van der Waals surface area contributed by atoms with Crippen LogP contribution in [0.2, 0.25) is 0 Å². The van der Waals surface area contributed by atoms with Gasteiger partial charge in [-0.25, -0.2) is 4.79 Å². The molecule has 0 spiro atoms. The van der Waals surface area contributed by atoms with Crippen molar-refractivity contribution < 1.29 is 9.90 Å². The molecule has 4 heteroatoms. The molecule has 0 bridgehead atoms.